The summed E-state index contributed by atoms with van der Waals surface area (Å²) in [4.78, 5) is 29.2. The van der Waals surface area contributed by atoms with E-state index < -0.39 is 11.3 Å². The van der Waals surface area contributed by atoms with Crippen molar-refractivity contribution in [3.05, 3.63) is 28.2 Å². The third kappa shape index (κ3) is 3.97. The summed E-state index contributed by atoms with van der Waals surface area (Å²) in [5, 5.41) is 3.37. The highest BCUT2D eigenvalue weighted by Gasteiger charge is 2.40. The van der Waals surface area contributed by atoms with Gasteiger partial charge in [-0.15, -0.1) is 0 Å². The number of hydrogen-bond donors (Lipinski definition) is 1. The Balaban J connectivity index is 2.12. The van der Waals surface area contributed by atoms with E-state index in [1.165, 1.54) is 0 Å². The van der Waals surface area contributed by atoms with E-state index in [0.29, 0.717) is 28.8 Å². The fourth-order valence-electron chi connectivity index (χ4n) is 2.39. The number of amides is 2. The van der Waals surface area contributed by atoms with Crippen molar-refractivity contribution >= 4 is 40.7 Å². The Kier molecular flexibility index (Phi) is 5.55. The summed E-state index contributed by atoms with van der Waals surface area (Å²) in [6, 6.07) is 4.97. The Morgan fingerprint density at radius 1 is 1.09 bits per heavy atom. The van der Waals surface area contributed by atoms with Crippen LogP contribution in [-0.4, -0.2) is 54.8 Å². The lowest BCUT2D eigenvalue weighted by atomic mass is 9.89. The van der Waals surface area contributed by atoms with Gasteiger partial charge < -0.3 is 15.1 Å². The second-order valence-electron chi connectivity index (χ2n) is 6.27. The molecule has 1 saturated heterocycles. The van der Waals surface area contributed by atoms with Crippen LogP contribution in [0.1, 0.15) is 13.8 Å². The predicted octanol–water partition coefficient (Wildman–Crippen LogP) is 2.73. The van der Waals surface area contributed by atoms with Gasteiger partial charge in [0.2, 0.25) is 11.8 Å². The van der Waals surface area contributed by atoms with Gasteiger partial charge in [0.05, 0.1) is 15.7 Å². The largest absolute Gasteiger partial charge is 0.339 e. The molecule has 0 spiro atoms. The Morgan fingerprint density at radius 3 is 2.13 bits per heavy atom. The van der Waals surface area contributed by atoms with E-state index in [4.69, 9.17) is 23.2 Å². The van der Waals surface area contributed by atoms with Crippen LogP contribution in [0.4, 0.5) is 5.69 Å². The van der Waals surface area contributed by atoms with Gasteiger partial charge in [-0.3, -0.25) is 9.59 Å². The lowest BCUT2D eigenvalue weighted by molar-refractivity contribution is -0.147. The molecule has 23 heavy (non-hydrogen) atoms. The number of carbonyl (C=O) groups excluding carboxylic acids is 2. The highest BCUT2D eigenvalue weighted by Crippen LogP contribution is 2.32. The molecule has 1 aliphatic heterocycles. The maximum absolute atomic E-state index is 12.7. The van der Waals surface area contributed by atoms with E-state index in [-0.39, 0.29) is 5.91 Å². The van der Waals surface area contributed by atoms with Crippen molar-refractivity contribution < 1.29 is 9.59 Å². The lowest BCUT2D eigenvalue weighted by Gasteiger charge is -2.36. The smallest absolute Gasteiger partial charge is 0.239 e. The van der Waals surface area contributed by atoms with Gasteiger partial charge >= 0.3 is 0 Å². The molecular formula is C16H21Cl2N3O2. The molecule has 0 saturated carbocycles. The first-order chi connectivity index (χ1) is 10.7. The SMILES string of the molecule is CN1CCN(C(=O)C(C)(C)C(=O)Nc2c(Cl)cccc2Cl)CC1. The minimum Gasteiger partial charge on any atom is -0.339 e. The monoisotopic (exact) mass is 357 g/mol. The van der Waals surface area contributed by atoms with Crippen LogP contribution in [0.25, 0.3) is 0 Å². The summed E-state index contributed by atoms with van der Waals surface area (Å²) in [6.45, 7) is 6.10. The van der Waals surface area contributed by atoms with Gasteiger partial charge in [-0.05, 0) is 33.0 Å². The zero-order valence-electron chi connectivity index (χ0n) is 13.5. The number of nitrogens with zero attached hydrogens (tertiary/aromatic N) is 2. The molecule has 0 radical (unpaired) electrons. The van der Waals surface area contributed by atoms with E-state index in [2.05, 4.69) is 10.2 Å². The standard InChI is InChI=1S/C16H21Cl2N3O2/c1-16(2,15(23)21-9-7-20(3)8-10-21)14(22)19-13-11(17)5-4-6-12(13)18/h4-6H,7-10H2,1-3H3,(H,19,22). The van der Waals surface area contributed by atoms with E-state index in [0.717, 1.165) is 13.1 Å². The van der Waals surface area contributed by atoms with Gasteiger partial charge in [-0.25, -0.2) is 0 Å². The van der Waals surface area contributed by atoms with E-state index in [9.17, 15) is 9.59 Å². The Morgan fingerprint density at radius 2 is 1.61 bits per heavy atom. The molecule has 1 heterocycles. The molecule has 5 nitrogen and oxygen atoms in total. The van der Waals surface area contributed by atoms with Gasteiger partial charge in [-0.2, -0.15) is 0 Å². The van der Waals surface area contributed by atoms with Crippen LogP contribution in [0.2, 0.25) is 10.0 Å². The summed E-state index contributed by atoms with van der Waals surface area (Å²) in [6.07, 6.45) is 0. The first-order valence-electron chi connectivity index (χ1n) is 7.47. The molecule has 126 valence electrons. The van der Waals surface area contributed by atoms with Crippen LogP contribution in [0.15, 0.2) is 18.2 Å². The summed E-state index contributed by atoms with van der Waals surface area (Å²) in [7, 11) is 2.01. The first kappa shape index (κ1) is 18.0. The normalized spacial score (nSPS) is 16.3. The minimum absolute atomic E-state index is 0.189. The summed E-state index contributed by atoms with van der Waals surface area (Å²) in [5.41, 5.74) is -0.863. The molecule has 1 aromatic rings. The number of rotatable bonds is 3. The van der Waals surface area contributed by atoms with Crippen molar-refractivity contribution in [2.75, 3.05) is 38.5 Å². The molecule has 1 aliphatic rings. The Bertz CT molecular complexity index is 591. The van der Waals surface area contributed by atoms with Crippen LogP contribution in [0.5, 0.6) is 0 Å². The third-order valence-corrected chi connectivity index (χ3v) is 4.72. The van der Waals surface area contributed by atoms with Crippen LogP contribution < -0.4 is 5.32 Å². The number of hydrogen-bond acceptors (Lipinski definition) is 3. The molecule has 1 N–H and O–H groups in total. The van der Waals surface area contributed by atoms with Crippen LogP contribution in [-0.2, 0) is 9.59 Å². The third-order valence-electron chi connectivity index (χ3n) is 4.09. The molecule has 1 fully saturated rings. The average Bonchev–Trinajstić information content (AvgIpc) is 2.50. The number of halogens is 2. The van der Waals surface area contributed by atoms with Crippen LogP contribution in [0.3, 0.4) is 0 Å². The van der Waals surface area contributed by atoms with Crippen molar-refractivity contribution in [3.63, 3.8) is 0 Å². The molecule has 1 aromatic carbocycles. The van der Waals surface area contributed by atoms with Crippen molar-refractivity contribution in [3.8, 4) is 0 Å². The molecular weight excluding hydrogens is 337 g/mol. The topological polar surface area (TPSA) is 52.7 Å². The Hall–Kier alpha value is -1.30. The van der Waals surface area contributed by atoms with Gasteiger partial charge in [0.1, 0.15) is 5.41 Å². The minimum atomic E-state index is -1.20. The van der Waals surface area contributed by atoms with Gasteiger partial charge in [-0.1, -0.05) is 29.3 Å². The molecule has 0 bridgehead atoms. The maximum Gasteiger partial charge on any atom is 0.239 e. The van der Waals surface area contributed by atoms with Gasteiger partial charge in [0, 0.05) is 26.2 Å². The van der Waals surface area contributed by atoms with Crippen molar-refractivity contribution in [1.29, 1.82) is 0 Å². The van der Waals surface area contributed by atoms with Crippen molar-refractivity contribution in [2.45, 2.75) is 13.8 Å². The average molecular weight is 358 g/mol. The second kappa shape index (κ2) is 7.07. The van der Waals surface area contributed by atoms with Crippen molar-refractivity contribution in [1.82, 2.24) is 9.80 Å². The molecule has 2 rings (SSSR count). The van der Waals surface area contributed by atoms with Crippen LogP contribution >= 0.6 is 23.2 Å². The maximum atomic E-state index is 12.7. The summed E-state index contributed by atoms with van der Waals surface area (Å²) < 4.78 is 0. The van der Waals surface area contributed by atoms with Crippen molar-refractivity contribution in [2.24, 2.45) is 5.41 Å². The fraction of sp³-hybridized carbons (Fsp3) is 0.500. The lowest BCUT2D eigenvalue weighted by Crippen LogP contribution is -2.53. The zero-order chi connectivity index (χ0) is 17.2. The molecule has 7 heteroatoms. The highest BCUT2D eigenvalue weighted by atomic mass is 35.5. The Labute approximate surface area is 146 Å². The van der Waals surface area contributed by atoms with E-state index in [1.54, 1.807) is 36.9 Å². The zero-order valence-corrected chi connectivity index (χ0v) is 15.0. The van der Waals surface area contributed by atoms with E-state index in [1.807, 2.05) is 7.05 Å². The second-order valence-corrected chi connectivity index (χ2v) is 7.09. The summed E-state index contributed by atoms with van der Waals surface area (Å²) in [5.74, 6) is -0.609. The number of benzene rings is 1. The molecule has 0 unspecified atom stereocenters. The molecule has 0 aliphatic carbocycles. The van der Waals surface area contributed by atoms with Crippen LogP contribution in [0, 0.1) is 5.41 Å². The molecule has 0 atom stereocenters. The fourth-order valence-corrected chi connectivity index (χ4v) is 2.88. The number of likely N-dealkylation sites (N-methyl/N-ethyl adjacent to an activating group) is 1. The number of carbonyl (C=O) groups is 2. The van der Waals surface area contributed by atoms with Gasteiger partial charge in [0.25, 0.3) is 0 Å². The molecule has 0 aromatic heterocycles. The van der Waals surface area contributed by atoms with Gasteiger partial charge in [0.15, 0.2) is 0 Å². The van der Waals surface area contributed by atoms with E-state index >= 15 is 0 Å². The number of para-hydroxylation sites is 1. The highest BCUT2D eigenvalue weighted by molar-refractivity contribution is 6.40. The number of nitrogens with one attached hydrogen (secondary N) is 1. The predicted molar refractivity (Wildman–Crippen MR) is 92.9 cm³/mol. The summed E-state index contributed by atoms with van der Waals surface area (Å²) >= 11 is 12.1. The molecule has 2 amide bonds. The first-order valence-corrected chi connectivity index (χ1v) is 8.22. The number of anilines is 1. The quantitative estimate of drug-likeness (QED) is 0.846. The number of piperazine rings is 1.